The fraction of sp³-hybridized carbons (Fsp3) is 0.389. The SMILES string of the molecule is COCc1c(OC)nc(C(C)C)c(CO)c1-c1ccc(F)cc1. The summed E-state index contributed by atoms with van der Waals surface area (Å²) in [7, 11) is 3.14. The summed E-state index contributed by atoms with van der Waals surface area (Å²) in [6.07, 6.45) is 0. The van der Waals surface area contributed by atoms with Gasteiger partial charge in [0.25, 0.3) is 0 Å². The summed E-state index contributed by atoms with van der Waals surface area (Å²) in [6.45, 7) is 4.14. The van der Waals surface area contributed by atoms with Crippen LogP contribution in [-0.4, -0.2) is 24.3 Å². The number of aliphatic hydroxyl groups excluding tert-OH is 1. The normalized spacial score (nSPS) is 11.1. The predicted octanol–water partition coefficient (Wildman–Crippen LogP) is 3.66. The van der Waals surface area contributed by atoms with Gasteiger partial charge >= 0.3 is 0 Å². The number of hydrogen-bond donors (Lipinski definition) is 1. The molecule has 0 aliphatic rings. The molecule has 5 heteroatoms. The van der Waals surface area contributed by atoms with E-state index in [0.717, 1.165) is 27.9 Å². The molecular formula is C18H22FNO3. The van der Waals surface area contributed by atoms with Crippen molar-refractivity contribution in [2.24, 2.45) is 0 Å². The van der Waals surface area contributed by atoms with Crippen molar-refractivity contribution in [3.05, 3.63) is 46.9 Å². The lowest BCUT2D eigenvalue weighted by Crippen LogP contribution is -2.10. The molecule has 0 unspecified atom stereocenters. The van der Waals surface area contributed by atoms with Crippen molar-refractivity contribution in [2.75, 3.05) is 14.2 Å². The lowest BCUT2D eigenvalue weighted by molar-refractivity contribution is 0.180. The predicted molar refractivity (Wildman–Crippen MR) is 86.9 cm³/mol. The maximum absolute atomic E-state index is 13.3. The Morgan fingerprint density at radius 1 is 1.13 bits per heavy atom. The van der Waals surface area contributed by atoms with Gasteiger partial charge in [-0.15, -0.1) is 0 Å². The number of methoxy groups -OCH3 is 2. The third-order valence-corrected chi connectivity index (χ3v) is 3.71. The lowest BCUT2D eigenvalue weighted by Gasteiger charge is -2.21. The van der Waals surface area contributed by atoms with Crippen LogP contribution in [0.5, 0.6) is 5.88 Å². The second-order valence-corrected chi connectivity index (χ2v) is 5.59. The van der Waals surface area contributed by atoms with Gasteiger partial charge in [-0.1, -0.05) is 26.0 Å². The van der Waals surface area contributed by atoms with Crippen LogP contribution in [0.25, 0.3) is 11.1 Å². The number of nitrogens with zero attached hydrogens (tertiary/aromatic N) is 1. The van der Waals surface area contributed by atoms with Gasteiger partial charge in [-0.3, -0.25) is 0 Å². The van der Waals surface area contributed by atoms with Crippen LogP contribution in [0.4, 0.5) is 4.39 Å². The van der Waals surface area contributed by atoms with Crippen LogP contribution >= 0.6 is 0 Å². The third kappa shape index (κ3) is 3.51. The molecule has 1 N–H and O–H groups in total. The van der Waals surface area contributed by atoms with Gasteiger partial charge in [-0.2, -0.15) is 0 Å². The molecular weight excluding hydrogens is 297 g/mol. The molecule has 1 aromatic carbocycles. The Labute approximate surface area is 135 Å². The Morgan fingerprint density at radius 3 is 2.26 bits per heavy atom. The molecule has 0 saturated carbocycles. The third-order valence-electron chi connectivity index (χ3n) is 3.71. The molecule has 2 aromatic rings. The number of ether oxygens (including phenoxy) is 2. The van der Waals surface area contributed by atoms with Gasteiger partial charge in [-0.05, 0) is 29.2 Å². The fourth-order valence-corrected chi connectivity index (χ4v) is 2.71. The van der Waals surface area contributed by atoms with E-state index in [1.807, 2.05) is 13.8 Å². The number of aromatic nitrogens is 1. The van der Waals surface area contributed by atoms with Crippen LogP contribution in [-0.2, 0) is 18.0 Å². The summed E-state index contributed by atoms with van der Waals surface area (Å²) >= 11 is 0. The van der Waals surface area contributed by atoms with Crippen molar-refractivity contribution in [3.8, 4) is 17.0 Å². The van der Waals surface area contributed by atoms with Gasteiger partial charge in [0, 0.05) is 18.2 Å². The summed E-state index contributed by atoms with van der Waals surface area (Å²) in [6, 6.07) is 6.17. The van der Waals surface area contributed by atoms with E-state index in [4.69, 9.17) is 9.47 Å². The maximum atomic E-state index is 13.3. The van der Waals surface area contributed by atoms with Crippen molar-refractivity contribution in [2.45, 2.75) is 33.0 Å². The summed E-state index contributed by atoms with van der Waals surface area (Å²) in [5, 5.41) is 9.92. The minimum atomic E-state index is -0.308. The van der Waals surface area contributed by atoms with Crippen LogP contribution in [0, 0.1) is 5.82 Å². The van der Waals surface area contributed by atoms with E-state index in [1.165, 1.54) is 12.1 Å². The van der Waals surface area contributed by atoms with Gasteiger partial charge in [0.2, 0.25) is 5.88 Å². The molecule has 0 amide bonds. The van der Waals surface area contributed by atoms with Crippen molar-refractivity contribution < 1.29 is 19.0 Å². The second-order valence-electron chi connectivity index (χ2n) is 5.59. The van der Waals surface area contributed by atoms with Crippen LogP contribution < -0.4 is 4.74 Å². The van der Waals surface area contributed by atoms with Crippen LogP contribution in [0.1, 0.15) is 36.6 Å². The Bertz CT molecular complexity index is 669. The van der Waals surface area contributed by atoms with E-state index in [2.05, 4.69) is 4.98 Å². The minimum absolute atomic E-state index is 0.113. The zero-order valence-electron chi connectivity index (χ0n) is 13.9. The Morgan fingerprint density at radius 2 is 1.78 bits per heavy atom. The summed E-state index contributed by atoms with van der Waals surface area (Å²) in [5.41, 5.74) is 3.83. The number of halogens is 1. The van der Waals surface area contributed by atoms with Crippen LogP contribution in [0.2, 0.25) is 0 Å². The summed E-state index contributed by atoms with van der Waals surface area (Å²) in [4.78, 5) is 4.55. The molecule has 124 valence electrons. The zero-order valence-corrected chi connectivity index (χ0v) is 13.9. The molecule has 1 heterocycles. The molecule has 0 bridgehead atoms. The smallest absolute Gasteiger partial charge is 0.219 e. The molecule has 0 atom stereocenters. The topological polar surface area (TPSA) is 51.6 Å². The standard InChI is InChI=1S/C18H22FNO3/c1-11(2)17-14(9-21)16(12-5-7-13(19)8-6-12)15(10-22-3)18(20-17)23-4/h5-8,11,21H,9-10H2,1-4H3. The number of pyridine rings is 1. The first-order valence-corrected chi connectivity index (χ1v) is 7.48. The summed E-state index contributed by atoms with van der Waals surface area (Å²) < 4.78 is 24.0. The second kappa shape index (κ2) is 7.53. The van der Waals surface area contributed by atoms with E-state index >= 15 is 0 Å². The highest BCUT2D eigenvalue weighted by Gasteiger charge is 2.22. The first-order chi connectivity index (χ1) is 11.0. The number of rotatable bonds is 6. The molecule has 0 radical (unpaired) electrons. The largest absolute Gasteiger partial charge is 0.481 e. The molecule has 0 fully saturated rings. The van der Waals surface area contributed by atoms with Crippen molar-refractivity contribution >= 4 is 0 Å². The highest BCUT2D eigenvalue weighted by Crippen LogP contribution is 2.37. The van der Waals surface area contributed by atoms with E-state index in [1.54, 1.807) is 26.4 Å². The van der Waals surface area contributed by atoms with Crippen molar-refractivity contribution in [3.63, 3.8) is 0 Å². The molecule has 23 heavy (non-hydrogen) atoms. The monoisotopic (exact) mass is 319 g/mol. The highest BCUT2D eigenvalue weighted by molar-refractivity contribution is 5.73. The van der Waals surface area contributed by atoms with Crippen LogP contribution in [0.3, 0.4) is 0 Å². The molecule has 1 aromatic heterocycles. The van der Waals surface area contributed by atoms with Gasteiger partial charge < -0.3 is 14.6 Å². The minimum Gasteiger partial charge on any atom is -0.481 e. The van der Waals surface area contributed by atoms with E-state index in [0.29, 0.717) is 5.88 Å². The molecule has 0 saturated heterocycles. The quantitative estimate of drug-likeness (QED) is 0.883. The highest BCUT2D eigenvalue weighted by atomic mass is 19.1. The first kappa shape index (κ1) is 17.4. The average Bonchev–Trinajstić information content (AvgIpc) is 2.55. The Kier molecular flexibility index (Phi) is 5.69. The molecule has 0 aliphatic carbocycles. The average molecular weight is 319 g/mol. The van der Waals surface area contributed by atoms with Crippen LogP contribution in [0.15, 0.2) is 24.3 Å². The summed E-state index contributed by atoms with van der Waals surface area (Å²) in [5.74, 6) is 0.270. The fourth-order valence-electron chi connectivity index (χ4n) is 2.71. The van der Waals surface area contributed by atoms with Gasteiger partial charge in [0.15, 0.2) is 0 Å². The maximum Gasteiger partial charge on any atom is 0.219 e. The molecule has 2 rings (SSSR count). The first-order valence-electron chi connectivity index (χ1n) is 7.48. The Hall–Kier alpha value is -1.98. The lowest BCUT2D eigenvalue weighted by atomic mass is 9.91. The molecule has 4 nitrogen and oxygen atoms in total. The Balaban J connectivity index is 2.82. The van der Waals surface area contributed by atoms with E-state index < -0.39 is 0 Å². The van der Waals surface area contributed by atoms with E-state index in [-0.39, 0.29) is 24.9 Å². The zero-order chi connectivity index (χ0) is 17.0. The number of hydrogen-bond acceptors (Lipinski definition) is 4. The van der Waals surface area contributed by atoms with E-state index in [9.17, 15) is 9.50 Å². The van der Waals surface area contributed by atoms with Gasteiger partial charge in [0.1, 0.15) is 5.82 Å². The number of aliphatic hydroxyl groups is 1. The van der Waals surface area contributed by atoms with Crippen molar-refractivity contribution in [1.82, 2.24) is 4.98 Å². The van der Waals surface area contributed by atoms with Crippen molar-refractivity contribution in [1.29, 1.82) is 0 Å². The number of benzene rings is 1. The molecule has 0 spiro atoms. The van der Waals surface area contributed by atoms with Gasteiger partial charge in [-0.25, -0.2) is 9.37 Å². The molecule has 0 aliphatic heterocycles. The van der Waals surface area contributed by atoms with Gasteiger partial charge in [0.05, 0.1) is 26.0 Å².